The Morgan fingerprint density at radius 3 is 3.00 bits per heavy atom. The lowest BCUT2D eigenvalue weighted by atomic mass is 10.4. The first-order valence-electron chi connectivity index (χ1n) is 5.02. The van der Waals surface area contributed by atoms with Gasteiger partial charge >= 0.3 is 5.97 Å². The van der Waals surface area contributed by atoms with Gasteiger partial charge in [-0.2, -0.15) is 0 Å². The first-order chi connectivity index (χ1) is 8.16. The maximum Gasteiger partial charge on any atom is 0.347 e. The van der Waals surface area contributed by atoms with E-state index >= 15 is 0 Å². The lowest BCUT2D eigenvalue weighted by Crippen LogP contribution is -1.94. The van der Waals surface area contributed by atoms with Gasteiger partial charge in [0.15, 0.2) is 4.34 Å². The summed E-state index contributed by atoms with van der Waals surface area (Å²) >= 11 is 4.63. The quantitative estimate of drug-likeness (QED) is 0.854. The van der Waals surface area contributed by atoms with Crippen LogP contribution in [0.3, 0.4) is 0 Å². The van der Waals surface area contributed by atoms with Crippen molar-refractivity contribution < 1.29 is 9.90 Å². The van der Waals surface area contributed by atoms with Gasteiger partial charge in [0, 0.05) is 10.6 Å². The lowest BCUT2D eigenvalue weighted by Gasteiger charge is -1.94. The summed E-state index contributed by atoms with van der Waals surface area (Å²) in [6.07, 6.45) is 1.00. The standard InChI is InChI=1S/C11H11NO2S3/c1-7-9(10(13)14)17-11(12-7)16-6-4-8-3-2-5-15-8/h2-3,5H,4,6H2,1H3,(H,13,14). The van der Waals surface area contributed by atoms with Crippen LogP contribution >= 0.6 is 34.4 Å². The first kappa shape index (κ1) is 12.6. The van der Waals surface area contributed by atoms with E-state index in [2.05, 4.69) is 16.4 Å². The molecule has 6 heteroatoms. The Hall–Kier alpha value is -0.850. The van der Waals surface area contributed by atoms with E-state index in [-0.39, 0.29) is 0 Å². The van der Waals surface area contributed by atoms with Crippen molar-refractivity contribution in [3.05, 3.63) is 33.0 Å². The van der Waals surface area contributed by atoms with Crippen LogP contribution in [-0.2, 0) is 6.42 Å². The van der Waals surface area contributed by atoms with Gasteiger partial charge in [0.25, 0.3) is 0 Å². The third-order valence-corrected chi connectivity index (χ3v) is 5.35. The number of thioether (sulfide) groups is 1. The van der Waals surface area contributed by atoms with Crippen molar-refractivity contribution in [3.8, 4) is 0 Å². The zero-order chi connectivity index (χ0) is 12.3. The zero-order valence-electron chi connectivity index (χ0n) is 9.17. The van der Waals surface area contributed by atoms with Crippen LogP contribution in [0.5, 0.6) is 0 Å². The Kier molecular flexibility index (Phi) is 4.20. The van der Waals surface area contributed by atoms with Crippen LogP contribution in [0.15, 0.2) is 21.9 Å². The summed E-state index contributed by atoms with van der Waals surface area (Å²) in [7, 11) is 0. The molecule has 0 radical (unpaired) electrons. The SMILES string of the molecule is Cc1nc(SCCc2cccs2)sc1C(=O)O. The topological polar surface area (TPSA) is 50.2 Å². The fourth-order valence-corrected chi connectivity index (χ4v) is 4.24. The highest BCUT2D eigenvalue weighted by molar-refractivity contribution is 8.01. The Morgan fingerprint density at radius 2 is 2.41 bits per heavy atom. The van der Waals surface area contributed by atoms with Crippen LogP contribution in [0.4, 0.5) is 0 Å². The minimum atomic E-state index is -0.884. The molecule has 90 valence electrons. The number of hydrogen-bond acceptors (Lipinski definition) is 5. The largest absolute Gasteiger partial charge is 0.477 e. The molecule has 2 aromatic heterocycles. The summed E-state index contributed by atoms with van der Waals surface area (Å²) in [5, 5.41) is 11.0. The van der Waals surface area contributed by atoms with Gasteiger partial charge in [-0.1, -0.05) is 17.8 Å². The van der Waals surface area contributed by atoms with E-state index in [1.54, 1.807) is 30.0 Å². The molecule has 0 saturated heterocycles. The molecule has 0 aliphatic rings. The minimum Gasteiger partial charge on any atom is -0.477 e. The molecule has 0 spiro atoms. The number of nitrogens with zero attached hydrogens (tertiary/aromatic N) is 1. The Labute approximate surface area is 112 Å². The molecule has 2 rings (SSSR count). The first-order valence-corrected chi connectivity index (χ1v) is 7.71. The molecule has 0 atom stereocenters. The van der Waals surface area contributed by atoms with Gasteiger partial charge in [0.1, 0.15) is 4.88 Å². The van der Waals surface area contributed by atoms with Crippen LogP contribution in [0, 0.1) is 6.92 Å². The van der Waals surface area contributed by atoms with E-state index in [9.17, 15) is 4.79 Å². The number of aryl methyl sites for hydroxylation is 2. The van der Waals surface area contributed by atoms with Gasteiger partial charge in [0.2, 0.25) is 0 Å². The normalized spacial score (nSPS) is 10.6. The molecule has 0 aliphatic heterocycles. The fourth-order valence-electron chi connectivity index (χ4n) is 1.33. The second-order valence-electron chi connectivity index (χ2n) is 3.38. The van der Waals surface area contributed by atoms with Crippen molar-refractivity contribution in [2.75, 3.05) is 5.75 Å². The van der Waals surface area contributed by atoms with Crippen molar-refractivity contribution >= 4 is 40.4 Å². The Balaban J connectivity index is 1.91. The average Bonchev–Trinajstić information content (AvgIpc) is 2.88. The second kappa shape index (κ2) is 5.66. The van der Waals surface area contributed by atoms with Crippen LogP contribution in [-0.4, -0.2) is 21.8 Å². The summed E-state index contributed by atoms with van der Waals surface area (Å²) in [5.41, 5.74) is 0.612. The Bertz CT molecular complexity index is 505. The van der Waals surface area contributed by atoms with Crippen molar-refractivity contribution in [1.82, 2.24) is 4.98 Å². The molecule has 1 N–H and O–H groups in total. The number of carboxylic acid groups (broad SMARTS) is 1. The predicted octanol–water partition coefficient (Wildman–Crippen LogP) is 3.55. The van der Waals surface area contributed by atoms with Gasteiger partial charge in [-0.3, -0.25) is 0 Å². The summed E-state index contributed by atoms with van der Waals surface area (Å²) < 4.78 is 0.844. The third-order valence-electron chi connectivity index (χ3n) is 2.13. The van der Waals surface area contributed by atoms with Crippen LogP contribution < -0.4 is 0 Å². The fraction of sp³-hybridized carbons (Fsp3) is 0.273. The van der Waals surface area contributed by atoms with Gasteiger partial charge in [-0.25, -0.2) is 9.78 Å². The highest BCUT2D eigenvalue weighted by Crippen LogP contribution is 2.28. The number of thiazole rings is 1. The van der Waals surface area contributed by atoms with Crippen LogP contribution in [0.25, 0.3) is 0 Å². The third kappa shape index (κ3) is 3.31. The molecular weight excluding hydrogens is 274 g/mol. The zero-order valence-corrected chi connectivity index (χ0v) is 11.6. The minimum absolute atomic E-state index is 0.351. The molecule has 0 unspecified atom stereocenters. The maximum atomic E-state index is 10.9. The van der Waals surface area contributed by atoms with E-state index in [4.69, 9.17) is 5.11 Å². The van der Waals surface area contributed by atoms with Gasteiger partial charge in [0.05, 0.1) is 5.69 Å². The van der Waals surface area contributed by atoms with E-state index in [0.29, 0.717) is 10.6 Å². The van der Waals surface area contributed by atoms with Gasteiger partial charge < -0.3 is 5.11 Å². The Morgan fingerprint density at radius 1 is 1.59 bits per heavy atom. The van der Waals surface area contributed by atoms with Gasteiger partial charge in [-0.05, 0) is 24.8 Å². The van der Waals surface area contributed by atoms with Gasteiger partial charge in [-0.15, -0.1) is 22.7 Å². The number of hydrogen-bond donors (Lipinski definition) is 1. The molecule has 0 amide bonds. The van der Waals surface area contributed by atoms with Crippen molar-refractivity contribution in [2.45, 2.75) is 17.7 Å². The molecule has 0 bridgehead atoms. The highest BCUT2D eigenvalue weighted by atomic mass is 32.2. The number of carbonyl (C=O) groups is 1. The number of aromatic nitrogens is 1. The molecule has 17 heavy (non-hydrogen) atoms. The molecule has 0 fully saturated rings. The van der Waals surface area contributed by atoms with E-state index in [0.717, 1.165) is 16.5 Å². The molecule has 0 saturated carbocycles. The van der Waals surface area contributed by atoms with Crippen molar-refractivity contribution in [3.63, 3.8) is 0 Å². The second-order valence-corrected chi connectivity index (χ2v) is 6.75. The monoisotopic (exact) mass is 285 g/mol. The molecule has 0 aliphatic carbocycles. The maximum absolute atomic E-state index is 10.9. The van der Waals surface area contributed by atoms with Crippen molar-refractivity contribution in [1.29, 1.82) is 0 Å². The molecular formula is C11H11NO2S3. The number of carboxylic acids is 1. The molecule has 3 nitrogen and oxygen atoms in total. The van der Waals surface area contributed by atoms with E-state index in [1.165, 1.54) is 16.2 Å². The van der Waals surface area contributed by atoms with Crippen LogP contribution in [0.2, 0.25) is 0 Å². The number of aromatic carboxylic acids is 1. The number of thiophene rings is 1. The summed E-state index contributed by atoms with van der Waals surface area (Å²) in [6.45, 7) is 1.74. The van der Waals surface area contributed by atoms with Crippen LogP contribution in [0.1, 0.15) is 20.2 Å². The lowest BCUT2D eigenvalue weighted by molar-refractivity contribution is 0.0701. The number of rotatable bonds is 5. The van der Waals surface area contributed by atoms with Crippen molar-refractivity contribution in [2.24, 2.45) is 0 Å². The molecule has 2 aromatic rings. The highest BCUT2D eigenvalue weighted by Gasteiger charge is 2.13. The average molecular weight is 285 g/mol. The molecule has 2 heterocycles. The summed E-state index contributed by atoms with van der Waals surface area (Å²) in [4.78, 5) is 16.8. The summed E-state index contributed by atoms with van der Waals surface area (Å²) in [5.74, 6) is 0.0529. The van der Waals surface area contributed by atoms with E-state index in [1.807, 2.05) is 6.07 Å². The molecule has 0 aromatic carbocycles. The van der Waals surface area contributed by atoms with E-state index < -0.39 is 5.97 Å². The smallest absolute Gasteiger partial charge is 0.347 e. The predicted molar refractivity (Wildman–Crippen MR) is 72.6 cm³/mol. The summed E-state index contributed by atoms with van der Waals surface area (Å²) in [6, 6.07) is 4.15.